The van der Waals surface area contributed by atoms with E-state index in [9.17, 15) is 21.6 Å². The fourth-order valence-corrected chi connectivity index (χ4v) is 3.37. The maximum atomic E-state index is 12.7. The average Bonchev–Trinajstić information content (AvgIpc) is 2.97. The van der Waals surface area contributed by atoms with Crippen LogP contribution in [0.3, 0.4) is 0 Å². The lowest BCUT2D eigenvalue weighted by Gasteiger charge is -2.27. The number of benzene rings is 1. The minimum atomic E-state index is -5.35. The Hall–Kier alpha value is -2.38. The number of rotatable bonds is 2. The van der Waals surface area contributed by atoms with Crippen LogP contribution >= 0.6 is 0 Å². The van der Waals surface area contributed by atoms with E-state index in [4.69, 9.17) is 5.26 Å². The van der Waals surface area contributed by atoms with Gasteiger partial charge in [0.2, 0.25) is 0 Å². The summed E-state index contributed by atoms with van der Waals surface area (Å²) in [6, 6.07) is 10.1. The van der Waals surface area contributed by atoms with Gasteiger partial charge in [0.1, 0.15) is 0 Å². The second-order valence-electron chi connectivity index (χ2n) is 5.22. The highest BCUT2D eigenvalue weighted by Crippen LogP contribution is 2.30. The van der Waals surface area contributed by atoms with E-state index in [1.165, 1.54) is 4.68 Å². The van der Waals surface area contributed by atoms with E-state index in [0.717, 1.165) is 0 Å². The molecular weight excluding hydrogens is 345 g/mol. The van der Waals surface area contributed by atoms with Crippen molar-refractivity contribution in [2.24, 2.45) is 0 Å². The first-order valence-corrected chi connectivity index (χ1v) is 8.30. The van der Waals surface area contributed by atoms with Crippen molar-refractivity contribution >= 4 is 10.0 Å². The van der Waals surface area contributed by atoms with Crippen LogP contribution in [0.5, 0.6) is 0 Å². The van der Waals surface area contributed by atoms with Gasteiger partial charge in [-0.15, -0.1) is 0 Å². The van der Waals surface area contributed by atoms with Gasteiger partial charge in [-0.25, -0.2) is 8.42 Å². The predicted molar refractivity (Wildman–Crippen MR) is 77.8 cm³/mol. The summed E-state index contributed by atoms with van der Waals surface area (Å²) in [6.07, 6.45) is 0. The van der Waals surface area contributed by atoms with Crippen molar-refractivity contribution in [3.8, 4) is 17.3 Å². The summed E-state index contributed by atoms with van der Waals surface area (Å²) in [4.78, 5) is 0. The number of aromatic nitrogens is 2. The Labute approximate surface area is 135 Å². The molecule has 2 aromatic rings. The summed E-state index contributed by atoms with van der Waals surface area (Å²) in [7, 11) is -5.35. The molecule has 1 aromatic carbocycles. The molecule has 1 aliphatic heterocycles. The van der Waals surface area contributed by atoms with Crippen LogP contribution in [0.15, 0.2) is 30.3 Å². The van der Waals surface area contributed by atoms with Gasteiger partial charge in [0.05, 0.1) is 36.1 Å². The quantitative estimate of drug-likeness (QED) is 0.825. The van der Waals surface area contributed by atoms with E-state index >= 15 is 0 Å². The van der Waals surface area contributed by atoms with Crippen LogP contribution in [-0.2, 0) is 23.1 Å². The van der Waals surface area contributed by atoms with E-state index in [2.05, 4.69) is 5.10 Å². The van der Waals surface area contributed by atoms with Crippen LogP contribution in [0.25, 0.3) is 11.3 Å². The van der Waals surface area contributed by atoms with Gasteiger partial charge in [0, 0.05) is 12.1 Å². The zero-order valence-electron chi connectivity index (χ0n) is 12.2. The van der Waals surface area contributed by atoms with Crippen LogP contribution in [-0.4, -0.2) is 34.6 Å². The molecule has 3 rings (SSSR count). The molecule has 0 atom stereocenters. The van der Waals surface area contributed by atoms with Gasteiger partial charge in [0.25, 0.3) is 0 Å². The Morgan fingerprint density at radius 3 is 2.42 bits per heavy atom. The third-order valence-electron chi connectivity index (χ3n) is 3.71. The fourth-order valence-electron chi connectivity index (χ4n) is 2.45. The minimum Gasteiger partial charge on any atom is -0.266 e. The van der Waals surface area contributed by atoms with Crippen molar-refractivity contribution < 1.29 is 21.6 Å². The summed E-state index contributed by atoms with van der Waals surface area (Å²) >= 11 is 0. The highest BCUT2D eigenvalue weighted by molar-refractivity contribution is 7.89. The van der Waals surface area contributed by atoms with Gasteiger partial charge in [0.15, 0.2) is 0 Å². The molecule has 0 aliphatic carbocycles. The maximum absolute atomic E-state index is 12.7. The number of fused-ring (bicyclic) bond motifs is 1. The molecule has 126 valence electrons. The molecule has 0 N–H and O–H groups in total. The molecule has 1 aromatic heterocycles. The van der Waals surface area contributed by atoms with Crippen LogP contribution in [0, 0.1) is 11.3 Å². The van der Waals surface area contributed by atoms with Crippen LogP contribution < -0.4 is 0 Å². The van der Waals surface area contributed by atoms with E-state index in [-0.39, 0.29) is 19.6 Å². The minimum absolute atomic E-state index is 0.0426. The lowest BCUT2D eigenvalue weighted by molar-refractivity contribution is -0.0496. The number of halogens is 3. The third kappa shape index (κ3) is 2.76. The maximum Gasteiger partial charge on any atom is 0.511 e. The molecule has 0 amide bonds. The number of alkyl halides is 3. The predicted octanol–water partition coefficient (Wildman–Crippen LogP) is 2.09. The van der Waals surface area contributed by atoms with Gasteiger partial charge < -0.3 is 0 Å². The number of nitrogens with zero attached hydrogens (tertiary/aromatic N) is 4. The highest BCUT2D eigenvalue weighted by Gasteiger charge is 2.50. The monoisotopic (exact) mass is 356 g/mol. The van der Waals surface area contributed by atoms with Crippen molar-refractivity contribution in [3.63, 3.8) is 0 Å². The van der Waals surface area contributed by atoms with Gasteiger partial charge >= 0.3 is 15.5 Å². The Morgan fingerprint density at radius 1 is 1.17 bits per heavy atom. The van der Waals surface area contributed by atoms with Crippen molar-refractivity contribution in [2.45, 2.75) is 18.6 Å². The first-order valence-electron chi connectivity index (χ1n) is 6.86. The number of hydrogen-bond acceptors (Lipinski definition) is 4. The zero-order valence-corrected chi connectivity index (χ0v) is 13.0. The Kier molecular flexibility index (Phi) is 3.85. The molecule has 10 heteroatoms. The molecule has 0 fully saturated rings. The molecule has 0 bridgehead atoms. The Balaban J connectivity index is 1.89. The molecular formula is C14H11F3N4O2S. The largest absolute Gasteiger partial charge is 0.511 e. The third-order valence-corrected chi connectivity index (χ3v) is 5.28. The Bertz CT molecular complexity index is 911. The fraction of sp³-hybridized carbons (Fsp3) is 0.286. The van der Waals surface area contributed by atoms with Crippen molar-refractivity contribution in [3.05, 3.63) is 41.6 Å². The van der Waals surface area contributed by atoms with Crippen LogP contribution in [0.2, 0.25) is 0 Å². The van der Waals surface area contributed by atoms with Gasteiger partial charge in [-0.2, -0.15) is 27.8 Å². The lowest BCUT2D eigenvalue weighted by atomic mass is 10.1. The van der Waals surface area contributed by atoms with E-state index < -0.39 is 15.5 Å². The van der Waals surface area contributed by atoms with E-state index in [1.807, 2.05) is 6.07 Å². The summed E-state index contributed by atoms with van der Waals surface area (Å²) in [5, 5.41) is 13.1. The summed E-state index contributed by atoms with van der Waals surface area (Å²) in [6.45, 7) is -0.630. The lowest BCUT2D eigenvalue weighted by Crippen LogP contribution is -2.44. The van der Waals surface area contributed by atoms with Gasteiger partial charge in [-0.3, -0.25) is 4.68 Å². The van der Waals surface area contributed by atoms with E-state index in [0.29, 0.717) is 26.8 Å². The molecule has 0 saturated heterocycles. The second-order valence-corrected chi connectivity index (χ2v) is 7.15. The molecule has 2 heterocycles. The Morgan fingerprint density at radius 2 is 1.83 bits per heavy atom. The molecule has 0 unspecified atom stereocenters. The molecule has 6 nitrogen and oxygen atoms in total. The smallest absolute Gasteiger partial charge is 0.266 e. The number of nitriles is 1. The van der Waals surface area contributed by atoms with Gasteiger partial charge in [-0.1, -0.05) is 12.1 Å². The SMILES string of the molecule is N#Cc1ccc(-c2cc3n(n2)CCN(S(=O)(=O)C(F)(F)F)C3)cc1. The molecule has 0 spiro atoms. The van der Waals surface area contributed by atoms with Gasteiger partial charge in [-0.05, 0) is 18.2 Å². The average molecular weight is 356 g/mol. The highest BCUT2D eigenvalue weighted by atomic mass is 32.2. The standard InChI is InChI=1S/C14H11F3N4O2S/c15-14(16,17)24(22,23)20-5-6-21-12(9-20)7-13(19-21)11-3-1-10(8-18)2-4-11/h1-4,7H,5-6,9H2. The van der Waals surface area contributed by atoms with E-state index in [1.54, 1.807) is 30.3 Å². The molecule has 24 heavy (non-hydrogen) atoms. The zero-order chi connectivity index (χ0) is 17.5. The molecule has 0 saturated carbocycles. The van der Waals surface area contributed by atoms with Crippen LogP contribution in [0.4, 0.5) is 13.2 Å². The second kappa shape index (κ2) is 5.61. The normalized spacial score (nSPS) is 15.8. The summed E-state index contributed by atoms with van der Waals surface area (Å²) < 4.78 is 62.9. The number of hydrogen-bond donors (Lipinski definition) is 0. The van der Waals surface area contributed by atoms with Crippen LogP contribution in [0.1, 0.15) is 11.3 Å². The topological polar surface area (TPSA) is 79.0 Å². The van der Waals surface area contributed by atoms with Crippen molar-refractivity contribution in [1.29, 1.82) is 5.26 Å². The summed E-state index contributed by atoms with van der Waals surface area (Å²) in [5.74, 6) is 0. The first kappa shape index (κ1) is 16.5. The van der Waals surface area contributed by atoms with Crippen molar-refractivity contribution in [2.75, 3.05) is 6.54 Å². The molecule has 1 aliphatic rings. The molecule has 0 radical (unpaired) electrons. The first-order chi connectivity index (χ1) is 11.2. The number of sulfonamides is 1. The summed E-state index contributed by atoms with van der Waals surface area (Å²) in [5.41, 5.74) is -3.24. The van der Waals surface area contributed by atoms with Crippen molar-refractivity contribution in [1.82, 2.24) is 14.1 Å².